The summed E-state index contributed by atoms with van der Waals surface area (Å²) in [6.07, 6.45) is -5.07. The van der Waals surface area contributed by atoms with Crippen LogP contribution in [-0.2, 0) is 6.54 Å². The van der Waals surface area contributed by atoms with Crippen LogP contribution in [0, 0.1) is 6.92 Å². The summed E-state index contributed by atoms with van der Waals surface area (Å²) in [4.78, 5) is 0. The summed E-state index contributed by atoms with van der Waals surface area (Å²) < 4.78 is 38.2. The first-order valence-electron chi connectivity index (χ1n) is 6.85. The van der Waals surface area contributed by atoms with Crippen molar-refractivity contribution in [3.05, 3.63) is 71.3 Å². The number of halogens is 3. The minimum atomic E-state index is -4.19. The van der Waals surface area contributed by atoms with E-state index >= 15 is 0 Å². The lowest BCUT2D eigenvalue weighted by Gasteiger charge is -2.21. The maximum Gasteiger partial charge on any atom is 0.390 e. The number of aryl methyl sites for hydroxylation is 1. The third kappa shape index (κ3) is 5.23. The molecule has 0 bridgehead atoms. The summed E-state index contributed by atoms with van der Waals surface area (Å²) in [6.45, 7) is 2.39. The molecule has 1 N–H and O–H groups in total. The smallest absolute Gasteiger partial charge is 0.306 e. The van der Waals surface area contributed by atoms with Gasteiger partial charge < -0.3 is 5.32 Å². The molecule has 4 heteroatoms. The third-order valence-electron chi connectivity index (χ3n) is 3.31. The average Bonchev–Trinajstić information content (AvgIpc) is 2.45. The van der Waals surface area contributed by atoms with E-state index in [1.54, 1.807) is 30.3 Å². The molecule has 0 radical (unpaired) electrons. The minimum absolute atomic E-state index is 0.413. The topological polar surface area (TPSA) is 12.0 Å². The van der Waals surface area contributed by atoms with Crippen LogP contribution in [0.2, 0.25) is 0 Å². The molecule has 0 aromatic heterocycles. The molecule has 0 fully saturated rings. The molecule has 1 nitrogen and oxygen atoms in total. The van der Waals surface area contributed by atoms with Gasteiger partial charge >= 0.3 is 6.18 Å². The van der Waals surface area contributed by atoms with E-state index in [-0.39, 0.29) is 0 Å². The van der Waals surface area contributed by atoms with Gasteiger partial charge in [-0.05, 0) is 18.1 Å². The van der Waals surface area contributed by atoms with Gasteiger partial charge in [0.1, 0.15) is 0 Å². The lowest BCUT2D eigenvalue weighted by molar-refractivity contribution is -0.140. The first kappa shape index (κ1) is 15.6. The summed E-state index contributed by atoms with van der Waals surface area (Å²) in [7, 11) is 0. The summed E-state index contributed by atoms with van der Waals surface area (Å²) in [5.74, 6) is 0. The maximum atomic E-state index is 12.7. The zero-order valence-corrected chi connectivity index (χ0v) is 11.8. The Morgan fingerprint density at radius 1 is 0.952 bits per heavy atom. The van der Waals surface area contributed by atoms with E-state index in [2.05, 4.69) is 5.32 Å². The zero-order chi connectivity index (χ0) is 15.3. The SMILES string of the molecule is Cc1ccc(CNC(CC(F)(F)F)c2ccccc2)cc1. The highest BCUT2D eigenvalue weighted by atomic mass is 19.4. The number of benzene rings is 2. The number of alkyl halides is 3. The highest BCUT2D eigenvalue weighted by Crippen LogP contribution is 2.29. The van der Waals surface area contributed by atoms with Crippen molar-refractivity contribution in [1.82, 2.24) is 5.32 Å². The van der Waals surface area contributed by atoms with Gasteiger partial charge in [-0.3, -0.25) is 0 Å². The van der Waals surface area contributed by atoms with Crippen molar-refractivity contribution in [2.75, 3.05) is 0 Å². The molecular formula is C17H18F3N. The van der Waals surface area contributed by atoms with E-state index in [0.717, 1.165) is 11.1 Å². The molecule has 0 heterocycles. The Morgan fingerprint density at radius 3 is 2.14 bits per heavy atom. The Hall–Kier alpha value is -1.81. The van der Waals surface area contributed by atoms with Gasteiger partial charge in [0.15, 0.2) is 0 Å². The fraction of sp³-hybridized carbons (Fsp3) is 0.294. The van der Waals surface area contributed by atoms with Crippen LogP contribution in [0.25, 0.3) is 0 Å². The second-order valence-electron chi connectivity index (χ2n) is 5.15. The van der Waals surface area contributed by atoms with Gasteiger partial charge in [-0.15, -0.1) is 0 Å². The fourth-order valence-corrected chi connectivity index (χ4v) is 2.17. The van der Waals surface area contributed by atoms with Crippen molar-refractivity contribution in [3.8, 4) is 0 Å². The molecule has 0 aliphatic heterocycles. The molecule has 2 aromatic rings. The summed E-state index contributed by atoms with van der Waals surface area (Å²) in [5.41, 5.74) is 2.76. The van der Waals surface area contributed by atoms with Crippen LogP contribution >= 0.6 is 0 Å². The van der Waals surface area contributed by atoms with Gasteiger partial charge in [0.2, 0.25) is 0 Å². The Balaban J connectivity index is 2.07. The van der Waals surface area contributed by atoms with Crippen molar-refractivity contribution >= 4 is 0 Å². The zero-order valence-electron chi connectivity index (χ0n) is 11.8. The van der Waals surface area contributed by atoms with E-state index in [1.807, 2.05) is 31.2 Å². The lowest BCUT2D eigenvalue weighted by atomic mass is 10.0. The van der Waals surface area contributed by atoms with E-state index in [4.69, 9.17) is 0 Å². The maximum absolute atomic E-state index is 12.7. The highest BCUT2D eigenvalue weighted by Gasteiger charge is 2.32. The normalized spacial score (nSPS) is 13.1. The van der Waals surface area contributed by atoms with Crippen molar-refractivity contribution in [3.63, 3.8) is 0 Å². The van der Waals surface area contributed by atoms with Gasteiger partial charge in [0.05, 0.1) is 6.42 Å². The Kier molecular flexibility index (Phi) is 5.02. The van der Waals surface area contributed by atoms with Crippen LogP contribution < -0.4 is 5.32 Å². The molecule has 2 rings (SSSR count). The predicted octanol–water partition coefficient (Wildman–Crippen LogP) is 4.78. The predicted molar refractivity (Wildman–Crippen MR) is 77.9 cm³/mol. The van der Waals surface area contributed by atoms with Crippen molar-refractivity contribution in [2.24, 2.45) is 0 Å². The number of rotatable bonds is 5. The molecule has 0 saturated carbocycles. The summed E-state index contributed by atoms with van der Waals surface area (Å²) in [6, 6.07) is 15.8. The standard InChI is InChI=1S/C17H18F3N/c1-13-7-9-14(10-8-13)12-21-16(11-17(18,19)20)15-5-3-2-4-6-15/h2-10,16,21H,11-12H2,1H3. The Bertz CT molecular complexity index is 546. The van der Waals surface area contributed by atoms with Gasteiger partial charge in [-0.1, -0.05) is 60.2 Å². The molecule has 1 unspecified atom stereocenters. The van der Waals surface area contributed by atoms with E-state index < -0.39 is 18.6 Å². The molecule has 21 heavy (non-hydrogen) atoms. The van der Waals surface area contributed by atoms with Crippen molar-refractivity contribution in [2.45, 2.75) is 32.1 Å². The quantitative estimate of drug-likeness (QED) is 0.836. The molecule has 1 atom stereocenters. The number of hydrogen-bond acceptors (Lipinski definition) is 1. The first-order chi connectivity index (χ1) is 9.94. The molecular weight excluding hydrogens is 275 g/mol. The summed E-state index contributed by atoms with van der Waals surface area (Å²) >= 11 is 0. The van der Waals surface area contributed by atoms with Crippen LogP contribution in [-0.4, -0.2) is 6.18 Å². The van der Waals surface area contributed by atoms with E-state index in [9.17, 15) is 13.2 Å². The largest absolute Gasteiger partial charge is 0.390 e. The van der Waals surface area contributed by atoms with E-state index in [1.165, 1.54) is 0 Å². The van der Waals surface area contributed by atoms with Crippen LogP contribution in [0.3, 0.4) is 0 Å². The molecule has 112 valence electrons. The van der Waals surface area contributed by atoms with Gasteiger partial charge in [0, 0.05) is 12.6 Å². The highest BCUT2D eigenvalue weighted by molar-refractivity contribution is 5.22. The monoisotopic (exact) mass is 293 g/mol. The van der Waals surface area contributed by atoms with Crippen molar-refractivity contribution < 1.29 is 13.2 Å². The molecule has 0 spiro atoms. The first-order valence-corrected chi connectivity index (χ1v) is 6.85. The molecule has 0 aliphatic rings. The second kappa shape index (κ2) is 6.76. The Labute approximate surface area is 122 Å². The van der Waals surface area contributed by atoms with Crippen LogP contribution in [0.15, 0.2) is 54.6 Å². The number of hydrogen-bond donors (Lipinski definition) is 1. The lowest BCUT2D eigenvalue weighted by Crippen LogP contribution is -2.26. The third-order valence-corrected chi connectivity index (χ3v) is 3.31. The molecule has 0 saturated heterocycles. The van der Waals surface area contributed by atoms with E-state index in [0.29, 0.717) is 12.1 Å². The van der Waals surface area contributed by atoms with Crippen LogP contribution in [0.4, 0.5) is 13.2 Å². The average molecular weight is 293 g/mol. The van der Waals surface area contributed by atoms with Gasteiger partial charge in [-0.2, -0.15) is 13.2 Å². The van der Waals surface area contributed by atoms with Gasteiger partial charge in [-0.25, -0.2) is 0 Å². The molecule has 2 aromatic carbocycles. The second-order valence-corrected chi connectivity index (χ2v) is 5.15. The van der Waals surface area contributed by atoms with Crippen LogP contribution in [0.1, 0.15) is 29.2 Å². The van der Waals surface area contributed by atoms with Crippen LogP contribution in [0.5, 0.6) is 0 Å². The van der Waals surface area contributed by atoms with Gasteiger partial charge in [0.25, 0.3) is 0 Å². The Morgan fingerprint density at radius 2 is 1.57 bits per heavy atom. The minimum Gasteiger partial charge on any atom is -0.306 e. The molecule has 0 aliphatic carbocycles. The number of nitrogens with one attached hydrogen (secondary N) is 1. The molecule has 0 amide bonds. The fourth-order valence-electron chi connectivity index (χ4n) is 2.17. The summed E-state index contributed by atoms with van der Waals surface area (Å²) in [5, 5.41) is 3.01. The van der Waals surface area contributed by atoms with Crippen molar-refractivity contribution in [1.29, 1.82) is 0 Å².